The molecule has 2 unspecified atom stereocenters. The van der Waals surface area contributed by atoms with E-state index in [0.29, 0.717) is 11.5 Å². The van der Waals surface area contributed by atoms with Crippen LogP contribution < -0.4 is 10.5 Å². The average molecular weight is 302 g/mol. The molecule has 2 N–H and O–H groups in total. The summed E-state index contributed by atoms with van der Waals surface area (Å²) < 4.78 is 44.2. The minimum atomic E-state index is -4.47. The smallest absolute Gasteiger partial charge is 0.433 e. The predicted molar refractivity (Wildman–Crippen MR) is 73.8 cm³/mol. The summed E-state index contributed by atoms with van der Waals surface area (Å²) in [4.78, 5) is 3.65. The molecule has 0 radical (unpaired) electrons. The second-order valence-electron chi connectivity index (χ2n) is 5.47. The number of hydrogen-bond acceptors (Lipinski definition) is 3. The standard InChI is InChI=1S/C15H21F3N2O/c1-2-10-5-3-4-6-12(10)21-14-11(9-19)7-8-13(20-14)15(16,17)18/h7-8,10,12H,2-6,9,19H2,1H3. The van der Waals surface area contributed by atoms with E-state index in [1.807, 2.05) is 0 Å². The van der Waals surface area contributed by atoms with Crippen molar-refractivity contribution < 1.29 is 17.9 Å². The van der Waals surface area contributed by atoms with Crippen LogP contribution in [0.25, 0.3) is 0 Å². The van der Waals surface area contributed by atoms with E-state index in [2.05, 4.69) is 11.9 Å². The number of nitrogens with zero attached hydrogens (tertiary/aromatic N) is 1. The number of nitrogens with two attached hydrogens (primary N) is 1. The molecule has 0 aliphatic heterocycles. The Balaban J connectivity index is 2.24. The van der Waals surface area contributed by atoms with Crippen LogP contribution in [0.3, 0.4) is 0 Å². The van der Waals surface area contributed by atoms with Crippen LogP contribution in [-0.4, -0.2) is 11.1 Å². The molecule has 0 spiro atoms. The van der Waals surface area contributed by atoms with Crippen LogP contribution in [-0.2, 0) is 12.7 Å². The van der Waals surface area contributed by atoms with Gasteiger partial charge in [0.25, 0.3) is 0 Å². The van der Waals surface area contributed by atoms with Gasteiger partial charge in [-0.1, -0.05) is 19.4 Å². The highest BCUT2D eigenvalue weighted by atomic mass is 19.4. The highest BCUT2D eigenvalue weighted by molar-refractivity contribution is 5.29. The predicted octanol–water partition coefficient (Wildman–Crippen LogP) is 3.91. The second-order valence-corrected chi connectivity index (χ2v) is 5.47. The third kappa shape index (κ3) is 3.87. The zero-order chi connectivity index (χ0) is 15.5. The third-order valence-corrected chi connectivity index (χ3v) is 4.08. The van der Waals surface area contributed by atoms with Gasteiger partial charge in [-0.2, -0.15) is 13.2 Å². The molecule has 2 atom stereocenters. The molecule has 21 heavy (non-hydrogen) atoms. The Morgan fingerprint density at radius 1 is 1.29 bits per heavy atom. The van der Waals surface area contributed by atoms with Gasteiger partial charge in [-0.25, -0.2) is 4.98 Å². The van der Waals surface area contributed by atoms with Crippen LogP contribution in [0.15, 0.2) is 12.1 Å². The Morgan fingerprint density at radius 3 is 2.62 bits per heavy atom. The molecular weight excluding hydrogens is 281 g/mol. The van der Waals surface area contributed by atoms with E-state index in [1.54, 1.807) is 0 Å². The van der Waals surface area contributed by atoms with Crippen LogP contribution in [0, 0.1) is 5.92 Å². The summed E-state index contributed by atoms with van der Waals surface area (Å²) >= 11 is 0. The zero-order valence-electron chi connectivity index (χ0n) is 12.1. The molecule has 118 valence electrons. The van der Waals surface area contributed by atoms with Gasteiger partial charge < -0.3 is 10.5 Å². The summed E-state index contributed by atoms with van der Waals surface area (Å²) in [5.74, 6) is 0.415. The molecule has 2 rings (SSSR count). The van der Waals surface area contributed by atoms with Crippen molar-refractivity contribution in [1.29, 1.82) is 0 Å². The maximum Gasteiger partial charge on any atom is 0.433 e. The Labute approximate surface area is 122 Å². The Morgan fingerprint density at radius 2 is 2.00 bits per heavy atom. The van der Waals surface area contributed by atoms with E-state index in [1.165, 1.54) is 6.07 Å². The summed E-state index contributed by atoms with van der Waals surface area (Å²) in [5, 5.41) is 0. The van der Waals surface area contributed by atoms with Gasteiger partial charge in [-0.3, -0.25) is 0 Å². The van der Waals surface area contributed by atoms with Gasteiger partial charge in [-0.05, 0) is 37.7 Å². The van der Waals surface area contributed by atoms with Gasteiger partial charge in [0.05, 0.1) is 0 Å². The topological polar surface area (TPSA) is 48.1 Å². The molecule has 1 aromatic rings. The van der Waals surface area contributed by atoms with Crippen molar-refractivity contribution in [3.8, 4) is 5.88 Å². The maximum absolute atomic E-state index is 12.8. The van der Waals surface area contributed by atoms with E-state index in [4.69, 9.17) is 10.5 Å². The van der Waals surface area contributed by atoms with Crippen LogP contribution in [0.2, 0.25) is 0 Å². The third-order valence-electron chi connectivity index (χ3n) is 4.08. The first-order valence-electron chi connectivity index (χ1n) is 7.39. The zero-order valence-corrected chi connectivity index (χ0v) is 12.1. The van der Waals surface area contributed by atoms with Crippen molar-refractivity contribution in [2.45, 2.75) is 57.9 Å². The number of ether oxygens (including phenoxy) is 1. The minimum Gasteiger partial charge on any atom is -0.474 e. The fourth-order valence-electron chi connectivity index (χ4n) is 2.82. The summed E-state index contributed by atoms with van der Waals surface area (Å²) in [7, 11) is 0. The van der Waals surface area contributed by atoms with Crippen LogP contribution in [0.5, 0.6) is 5.88 Å². The lowest BCUT2D eigenvalue weighted by Gasteiger charge is -2.31. The van der Waals surface area contributed by atoms with E-state index < -0.39 is 11.9 Å². The highest BCUT2D eigenvalue weighted by Crippen LogP contribution is 2.33. The first kappa shape index (κ1) is 16.1. The quantitative estimate of drug-likeness (QED) is 0.917. The lowest BCUT2D eigenvalue weighted by Crippen LogP contribution is -2.31. The van der Waals surface area contributed by atoms with E-state index >= 15 is 0 Å². The van der Waals surface area contributed by atoms with Gasteiger partial charge in [-0.15, -0.1) is 0 Å². The summed E-state index contributed by atoms with van der Waals surface area (Å²) in [6.07, 6.45) is 0.531. The molecule has 6 heteroatoms. The molecule has 0 bridgehead atoms. The molecule has 1 aromatic heterocycles. The minimum absolute atomic E-state index is 0.0395. The normalized spacial score (nSPS) is 23.1. The first-order valence-corrected chi connectivity index (χ1v) is 7.39. The summed E-state index contributed by atoms with van der Waals surface area (Å²) in [6, 6.07) is 2.31. The van der Waals surface area contributed by atoms with E-state index in [-0.39, 0.29) is 18.5 Å². The largest absolute Gasteiger partial charge is 0.474 e. The molecule has 1 saturated carbocycles. The first-order chi connectivity index (χ1) is 9.95. The fourth-order valence-corrected chi connectivity index (χ4v) is 2.82. The van der Waals surface area contributed by atoms with Gasteiger partial charge in [0, 0.05) is 12.1 Å². The molecule has 3 nitrogen and oxygen atoms in total. The molecular formula is C15H21F3N2O. The van der Waals surface area contributed by atoms with Gasteiger partial charge in [0.2, 0.25) is 5.88 Å². The molecule has 1 heterocycles. The molecule has 1 aliphatic carbocycles. The Kier molecular flexibility index (Phi) is 5.08. The molecule has 1 fully saturated rings. The number of rotatable bonds is 4. The van der Waals surface area contributed by atoms with Crippen LogP contribution >= 0.6 is 0 Å². The number of halogens is 3. The SMILES string of the molecule is CCC1CCCCC1Oc1nc(C(F)(F)F)ccc1CN. The maximum atomic E-state index is 12.8. The molecule has 0 amide bonds. The summed E-state index contributed by atoms with van der Waals surface area (Å²) in [5.41, 5.74) is 5.17. The second kappa shape index (κ2) is 6.64. The molecule has 0 aromatic carbocycles. The Hall–Kier alpha value is -1.30. The average Bonchev–Trinajstić information content (AvgIpc) is 2.47. The molecule has 1 aliphatic rings. The number of hydrogen-bond donors (Lipinski definition) is 1. The lowest BCUT2D eigenvalue weighted by molar-refractivity contribution is -0.141. The molecule has 0 saturated heterocycles. The van der Waals surface area contributed by atoms with Crippen molar-refractivity contribution in [3.05, 3.63) is 23.4 Å². The van der Waals surface area contributed by atoms with Gasteiger partial charge >= 0.3 is 6.18 Å². The Bertz CT molecular complexity index is 476. The number of pyridine rings is 1. The van der Waals surface area contributed by atoms with Crippen LogP contribution in [0.1, 0.15) is 50.3 Å². The lowest BCUT2D eigenvalue weighted by atomic mass is 9.85. The van der Waals surface area contributed by atoms with E-state index in [9.17, 15) is 13.2 Å². The van der Waals surface area contributed by atoms with Crippen molar-refractivity contribution in [1.82, 2.24) is 4.98 Å². The number of alkyl halides is 3. The summed E-state index contributed by atoms with van der Waals surface area (Å²) in [6.45, 7) is 2.19. The fraction of sp³-hybridized carbons (Fsp3) is 0.667. The van der Waals surface area contributed by atoms with Crippen molar-refractivity contribution in [2.24, 2.45) is 11.7 Å². The number of aromatic nitrogens is 1. The highest BCUT2D eigenvalue weighted by Gasteiger charge is 2.34. The monoisotopic (exact) mass is 302 g/mol. The van der Waals surface area contributed by atoms with Gasteiger partial charge in [0.1, 0.15) is 11.8 Å². The van der Waals surface area contributed by atoms with Crippen LogP contribution in [0.4, 0.5) is 13.2 Å². The van der Waals surface area contributed by atoms with Gasteiger partial charge in [0.15, 0.2) is 0 Å². The van der Waals surface area contributed by atoms with E-state index in [0.717, 1.165) is 38.2 Å². The van der Waals surface area contributed by atoms with Crippen molar-refractivity contribution >= 4 is 0 Å². The van der Waals surface area contributed by atoms with Crippen molar-refractivity contribution in [3.63, 3.8) is 0 Å². The van der Waals surface area contributed by atoms with Crippen molar-refractivity contribution in [2.75, 3.05) is 0 Å².